The summed E-state index contributed by atoms with van der Waals surface area (Å²) in [5.41, 5.74) is 0.753. The van der Waals surface area contributed by atoms with Gasteiger partial charge in [-0.2, -0.15) is 0 Å². The summed E-state index contributed by atoms with van der Waals surface area (Å²) in [6.07, 6.45) is 1.54. The molecule has 0 saturated carbocycles. The first-order valence-electron chi connectivity index (χ1n) is 6.21. The minimum atomic E-state index is -0.260. The summed E-state index contributed by atoms with van der Waals surface area (Å²) in [6, 6.07) is 9.38. The number of rotatable bonds is 2. The Morgan fingerprint density at radius 2 is 1.88 bits per heavy atom. The molecule has 3 nitrogen and oxygen atoms in total. The summed E-state index contributed by atoms with van der Waals surface area (Å²) in [5.74, 6) is 0.449. The summed E-state index contributed by atoms with van der Waals surface area (Å²) in [6.45, 7) is 3.34. The average molecular weight is 233 g/mol. The molecule has 1 N–H and O–H groups in total. The summed E-state index contributed by atoms with van der Waals surface area (Å²) in [7, 11) is 0. The molecule has 1 saturated heterocycles. The van der Waals surface area contributed by atoms with Crippen molar-refractivity contribution in [3.63, 3.8) is 0 Å². The third-order valence-corrected chi connectivity index (χ3v) is 3.53. The molecule has 1 aromatic rings. The van der Waals surface area contributed by atoms with Crippen LogP contribution < -0.4 is 0 Å². The van der Waals surface area contributed by atoms with Gasteiger partial charge in [-0.3, -0.25) is 4.79 Å². The number of likely N-dealkylation sites (tertiary alicyclic amines) is 1. The Morgan fingerprint density at radius 1 is 1.29 bits per heavy atom. The van der Waals surface area contributed by atoms with Gasteiger partial charge in [0.15, 0.2) is 0 Å². The van der Waals surface area contributed by atoms with Gasteiger partial charge >= 0.3 is 0 Å². The predicted molar refractivity (Wildman–Crippen MR) is 66.8 cm³/mol. The normalized spacial score (nSPS) is 19.1. The molecule has 1 unspecified atom stereocenters. The van der Waals surface area contributed by atoms with Crippen LogP contribution in [0.3, 0.4) is 0 Å². The third kappa shape index (κ3) is 2.86. The molecule has 1 aromatic carbocycles. The summed E-state index contributed by atoms with van der Waals surface area (Å²) in [4.78, 5) is 14.0. The first kappa shape index (κ1) is 12.1. The number of piperidine rings is 1. The van der Waals surface area contributed by atoms with Gasteiger partial charge < -0.3 is 10.0 Å². The molecule has 17 heavy (non-hydrogen) atoms. The highest BCUT2D eigenvalue weighted by Gasteiger charge is 2.25. The summed E-state index contributed by atoms with van der Waals surface area (Å²) >= 11 is 0. The fourth-order valence-corrected chi connectivity index (χ4v) is 2.35. The van der Waals surface area contributed by atoms with Gasteiger partial charge in [0.25, 0.3) is 5.91 Å². The number of hydrogen-bond acceptors (Lipinski definition) is 2. The molecule has 1 heterocycles. The highest BCUT2D eigenvalue weighted by molar-refractivity contribution is 5.94. The van der Waals surface area contributed by atoms with Crippen LogP contribution in [0.4, 0.5) is 0 Å². The van der Waals surface area contributed by atoms with Crippen molar-refractivity contribution in [2.24, 2.45) is 5.92 Å². The molecule has 1 aliphatic heterocycles. The number of carbonyl (C=O) groups excluding carboxylic acids is 1. The Hall–Kier alpha value is -1.35. The maximum absolute atomic E-state index is 12.1. The molecule has 1 amide bonds. The molecule has 1 aliphatic rings. The zero-order valence-electron chi connectivity index (χ0n) is 10.2. The van der Waals surface area contributed by atoms with Gasteiger partial charge in [0.05, 0.1) is 6.10 Å². The zero-order valence-corrected chi connectivity index (χ0v) is 10.2. The van der Waals surface area contributed by atoms with Crippen LogP contribution in [0.5, 0.6) is 0 Å². The van der Waals surface area contributed by atoms with Crippen molar-refractivity contribution in [2.45, 2.75) is 25.9 Å². The van der Waals surface area contributed by atoms with Gasteiger partial charge in [0, 0.05) is 18.7 Å². The van der Waals surface area contributed by atoms with Gasteiger partial charge in [-0.05, 0) is 37.8 Å². The van der Waals surface area contributed by atoms with E-state index in [-0.39, 0.29) is 12.0 Å². The smallest absolute Gasteiger partial charge is 0.253 e. The number of aliphatic hydroxyl groups is 1. The maximum atomic E-state index is 12.1. The van der Waals surface area contributed by atoms with E-state index in [1.807, 2.05) is 42.2 Å². The van der Waals surface area contributed by atoms with Crippen molar-refractivity contribution in [2.75, 3.05) is 13.1 Å². The monoisotopic (exact) mass is 233 g/mol. The second-order valence-corrected chi connectivity index (χ2v) is 4.74. The van der Waals surface area contributed by atoms with Crippen molar-refractivity contribution in [3.8, 4) is 0 Å². The summed E-state index contributed by atoms with van der Waals surface area (Å²) < 4.78 is 0. The molecule has 1 atom stereocenters. The number of amides is 1. The second-order valence-electron chi connectivity index (χ2n) is 4.74. The van der Waals surface area contributed by atoms with Crippen LogP contribution in [0, 0.1) is 5.92 Å². The first-order chi connectivity index (χ1) is 8.18. The van der Waals surface area contributed by atoms with Crippen molar-refractivity contribution >= 4 is 5.91 Å². The molecule has 0 aromatic heterocycles. The van der Waals surface area contributed by atoms with Crippen LogP contribution >= 0.6 is 0 Å². The number of nitrogens with zero attached hydrogens (tertiary/aromatic N) is 1. The fourth-order valence-electron chi connectivity index (χ4n) is 2.35. The SMILES string of the molecule is CC(O)C1CCN(C(=O)c2ccccc2)CC1. The van der Waals surface area contributed by atoms with Gasteiger partial charge in [-0.1, -0.05) is 18.2 Å². The van der Waals surface area contributed by atoms with Gasteiger partial charge in [0.1, 0.15) is 0 Å². The van der Waals surface area contributed by atoms with E-state index in [4.69, 9.17) is 0 Å². The van der Waals surface area contributed by atoms with E-state index in [9.17, 15) is 9.90 Å². The van der Waals surface area contributed by atoms with E-state index >= 15 is 0 Å². The second kappa shape index (κ2) is 5.32. The molecular formula is C14H19NO2. The van der Waals surface area contributed by atoms with Crippen LogP contribution in [0.15, 0.2) is 30.3 Å². The van der Waals surface area contributed by atoms with Gasteiger partial charge in [-0.25, -0.2) is 0 Å². The highest BCUT2D eigenvalue weighted by atomic mass is 16.3. The number of benzene rings is 1. The number of carbonyl (C=O) groups is 1. The molecule has 0 spiro atoms. The molecule has 92 valence electrons. The van der Waals surface area contributed by atoms with E-state index in [1.54, 1.807) is 0 Å². The van der Waals surface area contributed by atoms with E-state index in [0.29, 0.717) is 5.92 Å². The zero-order chi connectivity index (χ0) is 12.3. The molecule has 2 rings (SSSR count). The lowest BCUT2D eigenvalue weighted by molar-refractivity contribution is 0.0521. The fraction of sp³-hybridized carbons (Fsp3) is 0.500. The number of aliphatic hydroxyl groups excluding tert-OH is 1. The Labute approximate surface area is 102 Å². The van der Waals surface area contributed by atoms with E-state index in [0.717, 1.165) is 31.5 Å². The van der Waals surface area contributed by atoms with Crippen molar-refractivity contribution in [1.82, 2.24) is 4.90 Å². The van der Waals surface area contributed by atoms with Crippen LogP contribution in [-0.4, -0.2) is 35.1 Å². The van der Waals surface area contributed by atoms with Crippen molar-refractivity contribution in [1.29, 1.82) is 0 Å². The molecular weight excluding hydrogens is 214 g/mol. The molecule has 1 fully saturated rings. The number of hydrogen-bond donors (Lipinski definition) is 1. The van der Waals surface area contributed by atoms with Gasteiger partial charge in [-0.15, -0.1) is 0 Å². The lowest BCUT2D eigenvalue weighted by atomic mass is 9.92. The Kier molecular flexibility index (Phi) is 3.79. The first-order valence-corrected chi connectivity index (χ1v) is 6.21. The average Bonchev–Trinajstić information content (AvgIpc) is 2.39. The Balaban J connectivity index is 1.95. The third-order valence-electron chi connectivity index (χ3n) is 3.53. The topological polar surface area (TPSA) is 40.5 Å². The van der Waals surface area contributed by atoms with E-state index in [2.05, 4.69) is 0 Å². The van der Waals surface area contributed by atoms with Crippen LogP contribution in [0.1, 0.15) is 30.1 Å². The van der Waals surface area contributed by atoms with Crippen LogP contribution in [0.2, 0.25) is 0 Å². The Bertz CT molecular complexity index is 367. The molecule has 3 heteroatoms. The lowest BCUT2D eigenvalue weighted by Gasteiger charge is -2.33. The molecule has 0 aliphatic carbocycles. The van der Waals surface area contributed by atoms with Crippen LogP contribution in [-0.2, 0) is 0 Å². The minimum Gasteiger partial charge on any atom is -0.393 e. The van der Waals surface area contributed by atoms with Crippen LogP contribution in [0.25, 0.3) is 0 Å². The van der Waals surface area contributed by atoms with Crippen molar-refractivity contribution < 1.29 is 9.90 Å². The van der Waals surface area contributed by atoms with Gasteiger partial charge in [0.2, 0.25) is 0 Å². The minimum absolute atomic E-state index is 0.106. The lowest BCUT2D eigenvalue weighted by Crippen LogP contribution is -2.40. The largest absolute Gasteiger partial charge is 0.393 e. The molecule has 0 radical (unpaired) electrons. The predicted octanol–water partition coefficient (Wildman–Crippen LogP) is 1.92. The standard InChI is InChI=1S/C14H19NO2/c1-11(16)12-7-9-15(10-8-12)14(17)13-5-3-2-4-6-13/h2-6,11-12,16H,7-10H2,1H3. The maximum Gasteiger partial charge on any atom is 0.253 e. The van der Waals surface area contributed by atoms with E-state index in [1.165, 1.54) is 0 Å². The van der Waals surface area contributed by atoms with Crippen molar-refractivity contribution in [3.05, 3.63) is 35.9 Å². The molecule has 0 bridgehead atoms. The highest BCUT2D eigenvalue weighted by Crippen LogP contribution is 2.21. The summed E-state index contributed by atoms with van der Waals surface area (Å²) in [5, 5.41) is 9.52. The Morgan fingerprint density at radius 3 is 2.41 bits per heavy atom. The van der Waals surface area contributed by atoms with E-state index < -0.39 is 0 Å². The quantitative estimate of drug-likeness (QED) is 0.847.